The van der Waals surface area contributed by atoms with Crippen LogP contribution in [0.5, 0.6) is 0 Å². The van der Waals surface area contributed by atoms with Crippen LogP contribution in [-0.4, -0.2) is 24.4 Å². The van der Waals surface area contributed by atoms with Gasteiger partial charge in [-0.1, -0.05) is 35.9 Å². The van der Waals surface area contributed by atoms with Crippen LogP contribution in [0.3, 0.4) is 0 Å². The van der Waals surface area contributed by atoms with Gasteiger partial charge in [-0.15, -0.1) is 23.7 Å². The van der Waals surface area contributed by atoms with E-state index in [2.05, 4.69) is 11.4 Å². The highest BCUT2D eigenvalue weighted by atomic mass is 35.5. The number of carbonyl (C=O) groups is 1. The summed E-state index contributed by atoms with van der Waals surface area (Å²) in [5.41, 5.74) is 8.08. The van der Waals surface area contributed by atoms with Crippen LogP contribution >= 0.6 is 23.7 Å². The van der Waals surface area contributed by atoms with Crippen LogP contribution in [-0.2, 0) is 11.2 Å². The second-order valence-corrected chi connectivity index (χ2v) is 6.01. The van der Waals surface area contributed by atoms with E-state index in [0.29, 0.717) is 6.54 Å². The minimum atomic E-state index is -0.580. The topological polar surface area (TPSA) is 46.3 Å². The number of thiophene rings is 1. The predicted molar refractivity (Wildman–Crippen MR) is 91.0 cm³/mol. The van der Waals surface area contributed by atoms with Crippen molar-refractivity contribution >= 4 is 29.7 Å². The largest absolute Gasteiger partial charge is 0.344 e. The third-order valence-corrected chi connectivity index (χ3v) is 4.29. The van der Waals surface area contributed by atoms with Crippen molar-refractivity contribution in [1.29, 1.82) is 0 Å². The SMILES string of the molecule is Cc1ccc(C(N)C(=O)N(C)CCc2cccs2)cc1.Cl. The fraction of sp³-hybridized carbons (Fsp3) is 0.312. The van der Waals surface area contributed by atoms with Crippen LogP contribution in [0.4, 0.5) is 0 Å². The smallest absolute Gasteiger partial charge is 0.243 e. The highest BCUT2D eigenvalue weighted by Crippen LogP contribution is 2.15. The van der Waals surface area contributed by atoms with E-state index < -0.39 is 6.04 Å². The van der Waals surface area contributed by atoms with E-state index in [9.17, 15) is 4.79 Å². The number of benzene rings is 1. The lowest BCUT2D eigenvalue weighted by atomic mass is 10.0. The molecule has 2 aromatic rings. The normalized spacial score (nSPS) is 11.6. The van der Waals surface area contributed by atoms with Gasteiger partial charge in [0.1, 0.15) is 6.04 Å². The number of halogens is 1. The van der Waals surface area contributed by atoms with Gasteiger partial charge < -0.3 is 10.6 Å². The maximum atomic E-state index is 12.3. The summed E-state index contributed by atoms with van der Waals surface area (Å²) >= 11 is 1.71. The van der Waals surface area contributed by atoms with E-state index in [0.717, 1.165) is 12.0 Å². The molecule has 3 nitrogen and oxygen atoms in total. The number of amides is 1. The van der Waals surface area contributed by atoms with Gasteiger partial charge in [-0.25, -0.2) is 0 Å². The Morgan fingerprint density at radius 1 is 1.29 bits per heavy atom. The number of nitrogens with zero attached hydrogens (tertiary/aromatic N) is 1. The average Bonchev–Trinajstić information content (AvgIpc) is 2.97. The van der Waals surface area contributed by atoms with Crippen molar-refractivity contribution in [2.75, 3.05) is 13.6 Å². The highest BCUT2D eigenvalue weighted by Gasteiger charge is 2.19. The molecule has 0 saturated heterocycles. The Morgan fingerprint density at radius 2 is 1.95 bits per heavy atom. The summed E-state index contributed by atoms with van der Waals surface area (Å²) in [4.78, 5) is 15.3. The van der Waals surface area contributed by atoms with Crippen LogP contribution in [0.2, 0.25) is 0 Å². The van der Waals surface area contributed by atoms with Gasteiger partial charge in [0.15, 0.2) is 0 Å². The lowest BCUT2D eigenvalue weighted by Gasteiger charge is -2.21. The maximum absolute atomic E-state index is 12.3. The Hall–Kier alpha value is -1.36. The first-order valence-electron chi connectivity index (χ1n) is 6.67. The molecule has 1 heterocycles. The Bertz CT molecular complexity index is 554. The summed E-state index contributed by atoms with van der Waals surface area (Å²) in [5, 5.41) is 2.05. The second kappa shape index (κ2) is 8.17. The molecule has 21 heavy (non-hydrogen) atoms. The molecule has 5 heteroatoms. The minimum Gasteiger partial charge on any atom is -0.344 e. The van der Waals surface area contributed by atoms with Crippen molar-refractivity contribution < 1.29 is 4.79 Å². The Balaban J connectivity index is 0.00000220. The number of nitrogens with two attached hydrogens (primary N) is 1. The van der Waals surface area contributed by atoms with Gasteiger partial charge >= 0.3 is 0 Å². The van der Waals surface area contributed by atoms with Gasteiger partial charge in [-0.2, -0.15) is 0 Å². The molecule has 2 N–H and O–H groups in total. The molecule has 114 valence electrons. The lowest BCUT2D eigenvalue weighted by Crippen LogP contribution is -2.36. The average molecular weight is 325 g/mol. The van der Waals surface area contributed by atoms with Gasteiger partial charge in [0, 0.05) is 18.5 Å². The zero-order valence-corrected chi connectivity index (χ0v) is 13.9. The van der Waals surface area contributed by atoms with E-state index >= 15 is 0 Å². The summed E-state index contributed by atoms with van der Waals surface area (Å²) in [6, 6.07) is 11.3. The zero-order chi connectivity index (χ0) is 14.5. The number of carbonyl (C=O) groups excluding carboxylic acids is 1. The molecule has 0 radical (unpaired) electrons. The Kier molecular flexibility index (Phi) is 6.89. The number of aryl methyl sites for hydroxylation is 1. The molecule has 0 aliphatic heterocycles. The fourth-order valence-electron chi connectivity index (χ4n) is 2.00. The van der Waals surface area contributed by atoms with Crippen molar-refractivity contribution in [3.05, 3.63) is 57.8 Å². The number of rotatable bonds is 5. The molecule has 0 saturated carbocycles. The maximum Gasteiger partial charge on any atom is 0.243 e. The molecular formula is C16H21ClN2OS. The van der Waals surface area contributed by atoms with E-state index in [4.69, 9.17) is 5.73 Å². The minimum absolute atomic E-state index is 0. The van der Waals surface area contributed by atoms with Crippen molar-refractivity contribution in [3.8, 4) is 0 Å². The van der Waals surface area contributed by atoms with Crippen molar-refractivity contribution in [3.63, 3.8) is 0 Å². The first-order chi connectivity index (χ1) is 9.58. The van der Waals surface area contributed by atoms with Crippen molar-refractivity contribution in [2.24, 2.45) is 5.73 Å². The van der Waals surface area contributed by atoms with Gasteiger partial charge in [0.05, 0.1) is 0 Å². The van der Waals surface area contributed by atoms with Gasteiger partial charge in [-0.05, 0) is 30.4 Å². The first-order valence-corrected chi connectivity index (χ1v) is 7.55. The fourth-order valence-corrected chi connectivity index (χ4v) is 2.69. The van der Waals surface area contributed by atoms with E-state index in [1.54, 1.807) is 16.2 Å². The number of likely N-dealkylation sites (N-methyl/N-ethyl adjacent to an activating group) is 1. The van der Waals surface area contributed by atoms with Crippen LogP contribution in [0.1, 0.15) is 22.0 Å². The van der Waals surface area contributed by atoms with Crippen LogP contribution in [0.15, 0.2) is 41.8 Å². The summed E-state index contributed by atoms with van der Waals surface area (Å²) in [7, 11) is 1.81. The summed E-state index contributed by atoms with van der Waals surface area (Å²) in [6.45, 7) is 2.71. The molecular weight excluding hydrogens is 304 g/mol. The van der Waals surface area contributed by atoms with Crippen LogP contribution in [0, 0.1) is 6.92 Å². The molecule has 1 aromatic carbocycles. The highest BCUT2D eigenvalue weighted by molar-refractivity contribution is 7.09. The molecule has 0 fully saturated rings. The molecule has 0 spiro atoms. The van der Waals surface area contributed by atoms with Gasteiger partial charge in [0.2, 0.25) is 5.91 Å². The monoisotopic (exact) mass is 324 g/mol. The summed E-state index contributed by atoms with van der Waals surface area (Å²) in [5.74, 6) is -0.0367. The summed E-state index contributed by atoms with van der Waals surface area (Å²) in [6.07, 6.45) is 0.876. The molecule has 1 aromatic heterocycles. The molecule has 0 aliphatic carbocycles. The van der Waals surface area contributed by atoms with E-state index in [1.807, 2.05) is 44.3 Å². The number of hydrogen-bond donors (Lipinski definition) is 1. The molecule has 0 aliphatic rings. The summed E-state index contributed by atoms with van der Waals surface area (Å²) < 4.78 is 0. The third kappa shape index (κ3) is 4.84. The third-order valence-electron chi connectivity index (χ3n) is 3.35. The lowest BCUT2D eigenvalue weighted by molar-refractivity contribution is -0.131. The van der Waals surface area contributed by atoms with Crippen LogP contribution < -0.4 is 5.73 Å². The molecule has 1 atom stereocenters. The molecule has 1 amide bonds. The second-order valence-electron chi connectivity index (χ2n) is 4.98. The quantitative estimate of drug-likeness (QED) is 0.918. The van der Waals surface area contributed by atoms with E-state index in [1.165, 1.54) is 10.4 Å². The Labute approximate surface area is 136 Å². The van der Waals surface area contributed by atoms with Crippen LogP contribution in [0.25, 0.3) is 0 Å². The molecule has 2 rings (SSSR count). The number of hydrogen-bond acceptors (Lipinski definition) is 3. The van der Waals surface area contributed by atoms with Gasteiger partial charge in [-0.3, -0.25) is 4.79 Å². The van der Waals surface area contributed by atoms with Crippen molar-refractivity contribution in [1.82, 2.24) is 4.90 Å². The standard InChI is InChI=1S/C16H20N2OS.ClH/c1-12-5-7-13(8-6-12)15(17)16(19)18(2)10-9-14-4-3-11-20-14;/h3-8,11,15H,9-10,17H2,1-2H3;1H. The first kappa shape index (κ1) is 17.7. The van der Waals surface area contributed by atoms with E-state index in [-0.39, 0.29) is 18.3 Å². The molecule has 0 bridgehead atoms. The van der Waals surface area contributed by atoms with Crippen molar-refractivity contribution in [2.45, 2.75) is 19.4 Å². The Morgan fingerprint density at radius 3 is 2.52 bits per heavy atom. The predicted octanol–water partition coefficient (Wildman–Crippen LogP) is 3.18. The van der Waals surface area contributed by atoms with Gasteiger partial charge in [0.25, 0.3) is 0 Å². The zero-order valence-electron chi connectivity index (χ0n) is 12.3. The molecule has 1 unspecified atom stereocenters.